The van der Waals surface area contributed by atoms with Gasteiger partial charge in [-0.3, -0.25) is 5.32 Å². The number of thiazole rings is 1. The van der Waals surface area contributed by atoms with E-state index >= 15 is 0 Å². The molecule has 2 rings (SSSR count). The zero-order valence-corrected chi connectivity index (χ0v) is 11.6. The Balaban J connectivity index is 2.00. The van der Waals surface area contributed by atoms with Crippen LogP contribution in [0.5, 0.6) is 0 Å². The third-order valence-electron chi connectivity index (χ3n) is 2.35. The van der Waals surface area contributed by atoms with Crippen molar-refractivity contribution in [2.75, 3.05) is 12.4 Å². The summed E-state index contributed by atoms with van der Waals surface area (Å²) in [6.45, 7) is 0.378. The van der Waals surface area contributed by atoms with Crippen molar-refractivity contribution >= 4 is 39.7 Å². The van der Waals surface area contributed by atoms with Gasteiger partial charge in [-0.05, 0) is 11.4 Å². The Morgan fingerprint density at radius 3 is 2.95 bits per heavy atom. The van der Waals surface area contributed by atoms with Gasteiger partial charge in [0.25, 0.3) is 0 Å². The third-order valence-corrected chi connectivity index (χ3v) is 3.81. The smallest absolute Gasteiger partial charge is 0.338 e. The van der Waals surface area contributed by atoms with Crippen LogP contribution in [0.15, 0.2) is 22.3 Å². The van der Waals surface area contributed by atoms with Crippen molar-refractivity contribution in [3.05, 3.63) is 33.6 Å². The van der Waals surface area contributed by atoms with Crippen molar-refractivity contribution in [1.82, 2.24) is 9.88 Å². The van der Waals surface area contributed by atoms with E-state index in [0.29, 0.717) is 11.5 Å². The highest BCUT2D eigenvalue weighted by Crippen LogP contribution is 2.23. The van der Waals surface area contributed by atoms with Crippen molar-refractivity contribution in [1.29, 1.82) is 0 Å². The minimum absolute atomic E-state index is 0.0976. The quantitative estimate of drug-likeness (QED) is 0.908. The van der Waals surface area contributed by atoms with E-state index in [1.165, 1.54) is 33.6 Å². The van der Waals surface area contributed by atoms with Crippen molar-refractivity contribution in [3.8, 4) is 0 Å². The van der Waals surface area contributed by atoms with Crippen LogP contribution in [0.1, 0.15) is 16.1 Å². The Morgan fingerprint density at radius 2 is 2.32 bits per heavy atom. The first-order valence-corrected chi connectivity index (χ1v) is 7.10. The lowest BCUT2D eigenvalue weighted by molar-refractivity contribution is 0.0698. The molecule has 0 saturated heterocycles. The van der Waals surface area contributed by atoms with Crippen LogP contribution < -0.4 is 5.32 Å². The largest absolute Gasteiger partial charge is 0.478 e. The number of urea groups is 1. The second kappa shape index (κ2) is 5.81. The molecule has 0 spiro atoms. The van der Waals surface area contributed by atoms with Gasteiger partial charge in [-0.2, -0.15) is 0 Å². The Kier molecular flexibility index (Phi) is 4.13. The Bertz CT molecular complexity index is 580. The zero-order chi connectivity index (χ0) is 13.8. The van der Waals surface area contributed by atoms with Crippen molar-refractivity contribution in [2.24, 2.45) is 0 Å². The molecule has 2 aromatic rings. The lowest BCUT2D eigenvalue weighted by Gasteiger charge is -2.16. The van der Waals surface area contributed by atoms with Crippen LogP contribution in [-0.2, 0) is 6.54 Å². The molecular formula is C11H11N3O3S2. The third kappa shape index (κ3) is 3.30. The molecule has 0 fully saturated rings. The molecule has 2 N–H and O–H groups in total. The van der Waals surface area contributed by atoms with Gasteiger partial charge in [0.05, 0.1) is 23.3 Å². The number of aromatic carboxylic acids is 1. The monoisotopic (exact) mass is 297 g/mol. The molecule has 0 aliphatic heterocycles. The summed E-state index contributed by atoms with van der Waals surface area (Å²) < 4.78 is 0. The Labute approximate surface area is 117 Å². The van der Waals surface area contributed by atoms with Crippen molar-refractivity contribution in [3.63, 3.8) is 0 Å². The van der Waals surface area contributed by atoms with Gasteiger partial charge in [0.2, 0.25) is 0 Å². The Morgan fingerprint density at radius 1 is 1.53 bits per heavy atom. The summed E-state index contributed by atoms with van der Waals surface area (Å²) in [4.78, 5) is 28.4. The molecule has 8 heteroatoms. The molecule has 0 bridgehead atoms. The number of aromatic nitrogens is 1. The molecule has 2 amide bonds. The van der Waals surface area contributed by atoms with Crippen molar-refractivity contribution in [2.45, 2.75) is 6.54 Å². The maximum atomic E-state index is 11.9. The summed E-state index contributed by atoms with van der Waals surface area (Å²) >= 11 is 2.64. The van der Waals surface area contributed by atoms with Crippen LogP contribution in [0, 0.1) is 0 Å². The van der Waals surface area contributed by atoms with Gasteiger partial charge < -0.3 is 10.0 Å². The van der Waals surface area contributed by atoms with Crippen molar-refractivity contribution < 1.29 is 14.7 Å². The van der Waals surface area contributed by atoms with E-state index in [2.05, 4.69) is 10.3 Å². The van der Waals surface area contributed by atoms with E-state index in [0.717, 1.165) is 5.69 Å². The maximum absolute atomic E-state index is 11.9. The summed E-state index contributed by atoms with van der Waals surface area (Å²) in [7, 11) is 1.63. The summed E-state index contributed by atoms with van der Waals surface area (Å²) in [5.74, 6) is -1.06. The van der Waals surface area contributed by atoms with Crippen LogP contribution in [0.2, 0.25) is 0 Å². The number of anilines is 1. The number of carboxylic acid groups (broad SMARTS) is 1. The maximum Gasteiger partial charge on any atom is 0.338 e. The minimum atomic E-state index is -1.06. The first-order chi connectivity index (χ1) is 9.08. The number of thiophene rings is 1. The number of carbonyl (C=O) groups is 2. The summed E-state index contributed by atoms with van der Waals surface area (Å²) in [6.07, 6.45) is 0. The fourth-order valence-corrected chi connectivity index (χ4v) is 2.72. The minimum Gasteiger partial charge on any atom is -0.478 e. The van der Waals surface area contributed by atoms with E-state index in [1.54, 1.807) is 17.9 Å². The number of hydrogen-bond acceptors (Lipinski definition) is 5. The predicted molar refractivity (Wildman–Crippen MR) is 73.9 cm³/mol. The van der Waals surface area contributed by atoms with E-state index in [1.807, 2.05) is 5.38 Å². The second-order valence-electron chi connectivity index (χ2n) is 3.73. The molecule has 19 heavy (non-hydrogen) atoms. The molecule has 0 saturated carbocycles. The SMILES string of the molecule is CN(Cc1cscn1)C(=O)Nc1sccc1C(=O)O. The fourth-order valence-electron chi connectivity index (χ4n) is 1.40. The highest BCUT2D eigenvalue weighted by molar-refractivity contribution is 7.14. The topological polar surface area (TPSA) is 82.5 Å². The molecule has 2 aromatic heterocycles. The number of carbonyl (C=O) groups excluding carboxylic acids is 1. The van der Waals surface area contributed by atoms with Gasteiger partial charge >= 0.3 is 12.0 Å². The zero-order valence-electron chi connectivity index (χ0n) is 9.99. The van der Waals surface area contributed by atoms with E-state index in [4.69, 9.17) is 5.11 Å². The lowest BCUT2D eigenvalue weighted by Crippen LogP contribution is -2.31. The summed E-state index contributed by atoms with van der Waals surface area (Å²) in [5.41, 5.74) is 2.59. The lowest BCUT2D eigenvalue weighted by atomic mass is 10.3. The van der Waals surface area contributed by atoms with Crippen LogP contribution in [-0.4, -0.2) is 34.0 Å². The second-order valence-corrected chi connectivity index (χ2v) is 5.37. The molecule has 100 valence electrons. The van der Waals surface area contributed by atoms with Gasteiger partial charge in [0, 0.05) is 12.4 Å². The van der Waals surface area contributed by atoms with E-state index < -0.39 is 5.97 Å². The molecule has 6 nitrogen and oxygen atoms in total. The van der Waals surface area contributed by atoms with Gasteiger partial charge in [0.1, 0.15) is 5.00 Å². The van der Waals surface area contributed by atoms with Gasteiger partial charge in [-0.15, -0.1) is 22.7 Å². The van der Waals surface area contributed by atoms with Crippen LogP contribution in [0.4, 0.5) is 9.80 Å². The van der Waals surface area contributed by atoms with Gasteiger partial charge in [0.15, 0.2) is 0 Å². The summed E-state index contributed by atoms with van der Waals surface area (Å²) in [5, 5.41) is 15.3. The molecule has 0 aromatic carbocycles. The average Bonchev–Trinajstić information content (AvgIpc) is 2.99. The highest BCUT2D eigenvalue weighted by atomic mass is 32.1. The van der Waals surface area contributed by atoms with E-state index in [9.17, 15) is 9.59 Å². The first kappa shape index (κ1) is 13.5. The molecule has 0 radical (unpaired) electrons. The first-order valence-electron chi connectivity index (χ1n) is 5.28. The highest BCUT2D eigenvalue weighted by Gasteiger charge is 2.16. The van der Waals surface area contributed by atoms with Gasteiger partial charge in [-0.1, -0.05) is 0 Å². The molecule has 0 aliphatic carbocycles. The van der Waals surface area contributed by atoms with Crippen LogP contribution in [0.25, 0.3) is 0 Å². The number of carboxylic acids is 1. The number of rotatable bonds is 4. The number of nitrogens with zero attached hydrogens (tertiary/aromatic N) is 2. The van der Waals surface area contributed by atoms with E-state index in [-0.39, 0.29) is 11.6 Å². The molecular weight excluding hydrogens is 286 g/mol. The molecule has 0 aliphatic rings. The predicted octanol–water partition coefficient (Wildman–Crippen LogP) is 2.57. The number of amides is 2. The summed E-state index contributed by atoms with van der Waals surface area (Å²) in [6, 6.07) is 1.10. The molecule has 0 unspecified atom stereocenters. The average molecular weight is 297 g/mol. The Hall–Kier alpha value is -1.93. The van der Waals surface area contributed by atoms with Crippen LogP contribution >= 0.6 is 22.7 Å². The standard InChI is InChI=1S/C11H11N3O3S2/c1-14(4-7-5-18-6-12-7)11(17)13-9-8(10(15)16)2-3-19-9/h2-3,5-6H,4H2,1H3,(H,13,17)(H,15,16). The van der Waals surface area contributed by atoms with Crippen LogP contribution in [0.3, 0.4) is 0 Å². The normalized spacial score (nSPS) is 10.2. The molecule has 2 heterocycles. The number of hydrogen-bond donors (Lipinski definition) is 2. The fraction of sp³-hybridized carbons (Fsp3) is 0.182. The van der Waals surface area contributed by atoms with Gasteiger partial charge in [-0.25, -0.2) is 14.6 Å². The molecule has 0 atom stereocenters. The number of nitrogens with one attached hydrogen (secondary N) is 1.